The number of imidazole rings is 1. The lowest BCUT2D eigenvalue weighted by Crippen LogP contribution is -2.43. The van der Waals surface area contributed by atoms with Crippen molar-refractivity contribution in [3.63, 3.8) is 0 Å². The SMILES string of the molecule is C[C@H](C1CC1)N(C(=O)Cn1ccnc1S(C)(=O)=O)C1CC1. The van der Waals surface area contributed by atoms with Crippen LogP contribution < -0.4 is 0 Å². The molecule has 2 saturated carbocycles. The van der Waals surface area contributed by atoms with Crippen LogP contribution in [0.25, 0.3) is 0 Å². The average Bonchev–Trinajstić information content (AvgIpc) is 3.27. The van der Waals surface area contributed by atoms with E-state index < -0.39 is 9.84 Å². The van der Waals surface area contributed by atoms with Crippen LogP contribution in [-0.2, 0) is 21.2 Å². The quantitative estimate of drug-likeness (QED) is 0.788. The first kappa shape index (κ1) is 14.6. The van der Waals surface area contributed by atoms with Gasteiger partial charge in [-0.1, -0.05) is 0 Å². The van der Waals surface area contributed by atoms with Crippen molar-refractivity contribution in [1.82, 2.24) is 14.5 Å². The molecule has 2 aliphatic rings. The fraction of sp³-hybridized carbons (Fsp3) is 0.714. The fourth-order valence-corrected chi connectivity index (χ4v) is 3.70. The van der Waals surface area contributed by atoms with Crippen molar-refractivity contribution >= 4 is 15.7 Å². The molecular formula is C14H21N3O3S. The maximum Gasteiger partial charge on any atom is 0.243 e. The molecule has 1 heterocycles. The molecule has 21 heavy (non-hydrogen) atoms. The van der Waals surface area contributed by atoms with Crippen LogP contribution in [0.15, 0.2) is 17.6 Å². The molecule has 0 saturated heterocycles. The smallest absolute Gasteiger partial charge is 0.243 e. The highest BCUT2D eigenvalue weighted by Crippen LogP contribution is 2.39. The van der Waals surface area contributed by atoms with Crippen molar-refractivity contribution in [1.29, 1.82) is 0 Å². The summed E-state index contributed by atoms with van der Waals surface area (Å²) in [7, 11) is -3.41. The summed E-state index contributed by atoms with van der Waals surface area (Å²) in [6.07, 6.45) is 8.60. The Bertz CT molecular complexity index is 644. The molecule has 0 spiro atoms. The van der Waals surface area contributed by atoms with Gasteiger partial charge in [-0.2, -0.15) is 0 Å². The van der Waals surface area contributed by atoms with Gasteiger partial charge in [-0.3, -0.25) is 4.79 Å². The Labute approximate surface area is 125 Å². The molecule has 6 nitrogen and oxygen atoms in total. The first-order valence-corrected chi connectivity index (χ1v) is 9.29. The maximum absolute atomic E-state index is 12.6. The second-order valence-electron chi connectivity index (χ2n) is 6.22. The molecule has 1 amide bonds. The van der Waals surface area contributed by atoms with Crippen LogP contribution in [0.4, 0.5) is 0 Å². The molecule has 0 aliphatic heterocycles. The van der Waals surface area contributed by atoms with Gasteiger partial charge in [0.2, 0.25) is 20.9 Å². The number of carbonyl (C=O) groups excluding carboxylic acids is 1. The number of sulfone groups is 1. The van der Waals surface area contributed by atoms with Gasteiger partial charge >= 0.3 is 0 Å². The third-order valence-electron chi connectivity index (χ3n) is 4.29. The van der Waals surface area contributed by atoms with Crippen LogP contribution in [0, 0.1) is 5.92 Å². The lowest BCUT2D eigenvalue weighted by molar-refractivity contribution is -0.135. The largest absolute Gasteiger partial charge is 0.335 e. The highest BCUT2D eigenvalue weighted by atomic mass is 32.2. The van der Waals surface area contributed by atoms with E-state index in [-0.39, 0.29) is 23.7 Å². The summed E-state index contributed by atoms with van der Waals surface area (Å²) >= 11 is 0. The zero-order chi connectivity index (χ0) is 15.2. The van der Waals surface area contributed by atoms with Crippen molar-refractivity contribution in [2.45, 2.75) is 56.4 Å². The number of rotatable bonds is 6. The van der Waals surface area contributed by atoms with Gasteiger partial charge in [0.1, 0.15) is 6.54 Å². The Balaban J connectivity index is 1.77. The van der Waals surface area contributed by atoms with E-state index in [1.807, 2.05) is 4.90 Å². The summed E-state index contributed by atoms with van der Waals surface area (Å²) in [4.78, 5) is 18.5. The minimum Gasteiger partial charge on any atom is -0.335 e. The number of hydrogen-bond acceptors (Lipinski definition) is 4. The van der Waals surface area contributed by atoms with Gasteiger partial charge in [0, 0.05) is 30.7 Å². The molecule has 3 rings (SSSR count). The van der Waals surface area contributed by atoms with E-state index in [0.29, 0.717) is 12.0 Å². The van der Waals surface area contributed by atoms with Crippen molar-refractivity contribution in [3.8, 4) is 0 Å². The number of carbonyl (C=O) groups is 1. The van der Waals surface area contributed by atoms with Crippen LogP contribution >= 0.6 is 0 Å². The molecule has 7 heteroatoms. The van der Waals surface area contributed by atoms with Gasteiger partial charge in [0.25, 0.3) is 0 Å². The molecular weight excluding hydrogens is 290 g/mol. The molecule has 0 aromatic carbocycles. The molecule has 116 valence electrons. The van der Waals surface area contributed by atoms with E-state index in [1.165, 1.54) is 23.6 Å². The first-order chi connectivity index (χ1) is 9.88. The van der Waals surface area contributed by atoms with Crippen LogP contribution in [0.5, 0.6) is 0 Å². The molecule has 1 aromatic rings. The second kappa shape index (κ2) is 5.12. The van der Waals surface area contributed by atoms with Crippen molar-refractivity contribution in [2.75, 3.05) is 6.26 Å². The Morgan fingerprint density at radius 2 is 2.10 bits per heavy atom. The Kier molecular flexibility index (Phi) is 3.55. The van der Waals surface area contributed by atoms with Crippen molar-refractivity contribution in [2.24, 2.45) is 5.92 Å². The van der Waals surface area contributed by atoms with E-state index in [2.05, 4.69) is 11.9 Å². The zero-order valence-corrected chi connectivity index (χ0v) is 13.2. The molecule has 0 unspecified atom stereocenters. The standard InChI is InChI=1S/C14H21N3O3S/c1-10(11-3-4-11)17(12-5-6-12)13(18)9-16-8-7-15-14(16)21(2,19)20/h7-8,10-12H,3-6,9H2,1-2H3/t10-/m1/s1. The van der Waals surface area contributed by atoms with Gasteiger partial charge in [-0.15, -0.1) is 0 Å². The van der Waals surface area contributed by atoms with E-state index in [1.54, 1.807) is 6.20 Å². The van der Waals surface area contributed by atoms with Gasteiger partial charge in [0.15, 0.2) is 0 Å². The minimum atomic E-state index is -3.41. The number of hydrogen-bond donors (Lipinski definition) is 0. The van der Waals surface area contributed by atoms with Crippen LogP contribution in [0.3, 0.4) is 0 Å². The highest BCUT2D eigenvalue weighted by Gasteiger charge is 2.41. The van der Waals surface area contributed by atoms with Crippen LogP contribution in [0.1, 0.15) is 32.6 Å². The maximum atomic E-state index is 12.6. The predicted molar refractivity (Wildman–Crippen MR) is 77.4 cm³/mol. The second-order valence-corrected chi connectivity index (χ2v) is 8.13. The molecule has 0 radical (unpaired) electrons. The molecule has 0 N–H and O–H groups in total. The van der Waals surface area contributed by atoms with Crippen molar-refractivity contribution < 1.29 is 13.2 Å². The summed E-state index contributed by atoms with van der Waals surface area (Å²) in [5, 5.41) is -0.0364. The van der Waals surface area contributed by atoms with E-state index in [0.717, 1.165) is 19.1 Å². The zero-order valence-electron chi connectivity index (χ0n) is 12.4. The third kappa shape index (κ3) is 3.12. The Hall–Kier alpha value is -1.37. The third-order valence-corrected chi connectivity index (χ3v) is 5.29. The topological polar surface area (TPSA) is 72.3 Å². The number of nitrogens with zero attached hydrogens (tertiary/aromatic N) is 3. The summed E-state index contributed by atoms with van der Waals surface area (Å²) in [6.45, 7) is 2.16. The molecule has 0 bridgehead atoms. The average molecular weight is 311 g/mol. The fourth-order valence-electron chi connectivity index (χ4n) is 2.89. The lowest BCUT2D eigenvalue weighted by Gasteiger charge is -2.30. The first-order valence-electron chi connectivity index (χ1n) is 7.40. The highest BCUT2D eigenvalue weighted by molar-refractivity contribution is 7.90. The summed E-state index contributed by atoms with van der Waals surface area (Å²) in [6, 6.07) is 0.605. The van der Waals surface area contributed by atoms with E-state index in [9.17, 15) is 13.2 Å². The van der Waals surface area contributed by atoms with E-state index >= 15 is 0 Å². The minimum absolute atomic E-state index is 0.000185. The van der Waals surface area contributed by atoms with Crippen molar-refractivity contribution in [3.05, 3.63) is 12.4 Å². The Morgan fingerprint density at radius 1 is 1.43 bits per heavy atom. The van der Waals surface area contributed by atoms with E-state index in [4.69, 9.17) is 0 Å². The Morgan fingerprint density at radius 3 is 2.62 bits per heavy atom. The summed E-state index contributed by atoms with van der Waals surface area (Å²) < 4.78 is 24.7. The molecule has 2 fully saturated rings. The molecule has 1 aromatic heterocycles. The molecule has 1 atom stereocenters. The van der Waals surface area contributed by atoms with Gasteiger partial charge in [-0.05, 0) is 38.5 Å². The number of aromatic nitrogens is 2. The van der Waals surface area contributed by atoms with Gasteiger partial charge in [0.05, 0.1) is 0 Å². The summed E-state index contributed by atoms with van der Waals surface area (Å²) in [5.74, 6) is 0.617. The predicted octanol–water partition coefficient (Wildman–Crippen LogP) is 1.08. The lowest BCUT2D eigenvalue weighted by atomic mass is 10.1. The monoisotopic (exact) mass is 311 g/mol. The molecule has 2 aliphatic carbocycles. The summed E-state index contributed by atoms with van der Waals surface area (Å²) in [5.41, 5.74) is 0. The van der Waals surface area contributed by atoms with Gasteiger partial charge < -0.3 is 9.47 Å². The van der Waals surface area contributed by atoms with Gasteiger partial charge in [-0.25, -0.2) is 13.4 Å². The number of amides is 1. The van der Waals surface area contributed by atoms with Crippen LogP contribution in [-0.4, -0.2) is 47.1 Å². The normalized spacial score (nSPS) is 20.3. The van der Waals surface area contributed by atoms with Crippen LogP contribution in [0.2, 0.25) is 0 Å².